The van der Waals surface area contributed by atoms with Crippen molar-refractivity contribution in [1.82, 2.24) is 10.3 Å². The highest BCUT2D eigenvalue weighted by Gasteiger charge is 2.16. The number of benzene rings is 2. The highest BCUT2D eigenvalue weighted by atomic mass is 16.5. The summed E-state index contributed by atoms with van der Waals surface area (Å²) in [6.07, 6.45) is 2.19. The van der Waals surface area contributed by atoms with E-state index in [1.54, 1.807) is 42.5 Å². The number of aromatic nitrogens is 1. The number of aryl methyl sites for hydroxylation is 1. The molecule has 0 atom stereocenters. The summed E-state index contributed by atoms with van der Waals surface area (Å²) in [5.41, 5.74) is 2.15. The number of hydrogen-bond donors (Lipinski definition) is 3. The maximum atomic E-state index is 12.3. The second kappa shape index (κ2) is 10.0. The van der Waals surface area contributed by atoms with Gasteiger partial charge in [-0.05, 0) is 36.2 Å². The Morgan fingerprint density at radius 2 is 1.65 bits per heavy atom. The van der Waals surface area contributed by atoms with Crippen molar-refractivity contribution in [3.63, 3.8) is 0 Å². The van der Waals surface area contributed by atoms with Crippen molar-refractivity contribution >= 4 is 29.1 Å². The lowest BCUT2D eigenvalue weighted by atomic mass is 10.1. The Balaban J connectivity index is 1.67. The molecule has 0 aliphatic carbocycles. The van der Waals surface area contributed by atoms with Gasteiger partial charge in [-0.1, -0.05) is 31.2 Å². The molecule has 31 heavy (non-hydrogen) atoms. The zero-order chi connectivity index (χ0) is 22.2. The number of nitrogens with one attached hydrogen (secondary N) is 3. The van der Waals surface area contributed by atoms with Crippen LogP contribution in [-0.4, -0.2) is 29.8 Å². The molecule has 0 radical (unpaired) electrons. The summed E-state index contributed by atoms with van der Waals surface area (Å²) in [7, 11) is 1.51. The number of pyridine rings is 1. The van der Waals surface area contributed by atoms with Crippen LogP contribution in [0.1, 0.15) is 23.0 Å². The summed E-state index contributed by atoms with van der Waals surface area (Å²) < 4.78 is 5.75. The van der Waals surface area contributed by atoms with Crippen molar-refractivity contribution in [3.05, 3.63) is 78.1 Å². The minimum absolute atomic E-state index is 0.216. The van der Waals surface area contributed by atoms with Gasteiger partial charge in [-0.2, -0.15) is 0 Å². The van der Waals surface area contributed by atoms with Crippen LogP contribution >= 0.6 is 0 Å². The summed E-state index contributed by atoms with van der Waals surface area (Å²) in [4.78, 5) is 40.3. The predicted molar refractivity (Wildman–Crippen MR) is 117 cm³/mol. The molecule has 0 spiro atoms. The smallest absolute Gasteiger partial charge is 0.314 e. The third-order valence-electron chi connectivity index (χ3n) is 4.37. The number of para-hydroxylation sites is 1. The molecule has 8 nitrogen and oxygen atoms in total. The lowest BCUT2D eigenvalue weighted by Crippen LogP contribution is -2.29. The van der Waals surface area contributed by atoms with E-state index in [1.807, 2.05) is 19.1 Å². The van der Waals surface area contributed by atoms with Crippen molar-refractivity contribution in [2.45, 2.75) is 13.3 Å². The molecule has 0 aliphatic heterocycles. The second-order valence-corrected chi connectivity index (χ2v) is 6.50. The zero-order valence-electron chi connectivity index (χ0n) is 17.1. The van der Waals surface area contributed by atoms with Gasteiger partial charge in [0.05, 0.1) is 0 Å². The van der Waals surface area contributed by atoms with Crippen molar-refractivity contribution in [1.29, 1.82) is 0 Å². The van der Waals surface area contributed by atoms with Crippen LogP contribution in [0.3, 0.4) is 0 Å². The minimum Gasteiger partial charge on any atom is -0.457 e. The highest BCUT2D eigenvalue weighted by Crippen LogP contribution is 2.24. The molecule has 8 heteroatoms. The third kappa shape index (κ3) is 5.66. The largest absolute Gasteiger partial charge is 0.457 e. The van der Waals surface area contributed by atoms with Crippen LogP contribution in [0.5, 0.6) is 11.5 Å². The van der Waals surface area contributed by atoms with E-state index in [-0.39, 0.29) is 11.6 Å². The molecule has 3 N–H and O–H groups in total. The van der Waals surface area contributed by atoms with Gasteiger partial charge in [-0.3, -0.25) is 19.4 Å². The Labute approximate surface area is 179 Å². The number of carbonyl (C=O) groups excluding carboxylic acids is 3. The fourth-order valence-corrected chi connectivity index (χ4v) is 2.82. The van der Waals surface area contributed by atoms with Crippen molar-refractivity contribution in [2.75, 3.05) is 17.7 Å². The standard InChI is InChI=1S/C23H22N4O4/c1-3-15-7-4-5-10-19(15)27-23(30)22(29)26-16-8-6-9-17(13-16)31-18-11-12-25-20(14-18)21(28)24-2/h4-14H,3H2,1-2H3,(H,24,28)(H,26,29)(H,27,30). The number of ether oxygens (including phenoxy) is 1. The molecule has 0 fully saturated rings. The Bertz CT molecular complexity index is 1110. The van der Waals surface area contributed by atoms with Crippen LogP contribution < -0.4 is 20.7 Å². The summed E-state index contributed by atoms with van der Waals surface area (Å²) in [6, 6.07) is 17.0. The maximum absolute atomic E-state index is 12.3. The quantitative estimate of drug-likeness (QED) is 0.532. The molecule has 158 valence electrons. The molecule has 1 aromatic heterocycles. The molecular weight excluding hydrogens is 396 g/mol. The lowest BCUT2D eigenvalue weighted by Gasteiger charge is -2.11. The van der Waals surface area contributed by atoms with Crippen LogP contribution in [0.15, 0.2) is 66.9 Å². The van der Waals surface area contributed by atoms with Gasteiger partial charge in [-0.15, -0.1) is 0 Å². The molecule has 0 unspecified atom stereocenters. The molecule has 3 rings (SSSR count). The first kappa shape index (κ1) is 21.5. The summed E-state index contributed by atoms with van der Waals surface area (Å²) in [6.45, 7) is 1.97. The van der Waals surface area contributed by atoms with Gasteiger partial charge in [0.25, 0.3) is 5.91 Å². The third-order valence-corrected chi connectivity index (χ3v) is 4.37. The molecule has 0 bridgehead atoms. The monoisotopic (exact) mass is 418 g/mol. The summed E-state index contributed by atoms with van der Waals surface area (Å²) in [5.74, 6) is -1.07. The molecule has 1 heterocycles. The van der Waals surface area contributed by atoms with E-state index >= 15 is 0 Å². The fraction of sp³-hybridized carbons (Fsp3) is 0.130. The Kier molecular flexibility index (Phi) is 6.95. The molecule has 3 aromatic rings. The first-order valence-corrected chi connectivity index (χ1v) is 9.66. The van der Waals surface area contributed by atoms with Crippen molar-refractivity contribution in [2.24, 2.45) is 0 Å². The van der Waals surface area contributed by atoms with Crippen LogP contribution in [0.2, 0.25) is 0 Å². The Morgan fingerprint density at radius 1 is 0.903 bits per heavy atom. The number of anilines is 2. The second-order valence-electron chi connectivity index (χ2n) is 6.50. The van der Waals surface area contributed by atoms with E-state index in [2.05, 4.69) is 20.9 Å². The topological polar surface area (TPSA) is 109 Å². The number of nitrogens with zero attached hydrogens (tertiary/aromatic N) is 1. The SMILES string of the molecule is CCc1ccccc1NC(=O)C(=O)Nc1cccc(Oc2ccnc(C(=O)NC)c2)c1. The first-order valence-electron chi connectivity index (χ1n) is 9.66. The van der Waals surface area contributed by atoms with Gasteiger partial charge < -0.3 is 20.7 Å². The predicted octanol–water partition coefficient (Wildman–Crippen LogP) is 3.37. The molecule has 0 aliphatic rings. The normalized spacial score (nSPS) is 10.1. The lowest BCUT2D eigenvalue weighted by molar-refractivity contribution is -0.133. The van der Waals surface area contributed by atoms with E-state index < -0.39 is 11.8 Å². The van der Waals surface area contributed by atoms with E-state index in [9.17, 15) is 14.4 Å². The first-order chi connectivity index (χ1) is 15.0. The number of carbonyl (C=O) groups is 3. The van der Waals surface area contributed by atoms with Crippen LogP contribution in [-0.2, 0) is 16.0 Å². The van der Waals surface area contributed by atoms with Crippen LogP contribution in [0, 0.1) is 0 Å². The van der Waals surface area contributed by atoms with Gasteiger partial charge >= 0.3 is 11.8 Å². The minimum atomic E-state index is -0.797. The summed E-state index contributed by atoms with van der Waals surface area (Å²) in [5, 5.41) is 7.68. The molecule has 3 amide bonds. The van der Waals surface area contributed by atoms with Crippen LogP contribution in [0.25, 0.3) is 0 Å². The van der Waals surface area contributed by atoms with E-state index in [0.29, 0.717) is 22.9 Å². The molecular formula is C23H22N4O4. The van der Waals surface area contributed by atoms with Crippen molar-refractivity contribution in [3.8, 4) is 11.5 Å². The summed E-state index contributed by atoms with van der Waals surface area (Å²) >= 11 is 0. The van der Waals surface area contributed by atoms with Crippen molar-refractivity contribution < 1.29 is 19.1 Å². The Hall–Kier alpha value is -4.20. The molecule has 0 saturated carbocycles. The van der Waals surface area contributed by atoms with Gasteiger partial charge in [0.2, 0.25) is 0 Å². The highest BCUT2D eigenvalue weighted by molar-refractivity contribution is 6.43. The van der Waals surface area contributed by atoms with Gasteiger partial charge in [0.1, 0.15) is 17.2 Å². The van der Waals surface area contributed by atoms with E-state index in [1.165, 1.54) is 19.3 Å². The van der Waals surface area contributed by atoms with E-state index in [4.69, 9.17) is 4.74 Å². The van der Waals surface area contributed by atoms with Gasteiger partial charge in [0.15, 0.2) is 0 Å². The average Bonchev–Trinajstić information content (AvgIpc) is 2.79. The van der Waals surface area contributed by atoms with Crippen LogP contribution in [0.4, 0.5) is 11.4 Å². The number of rotatable bonds is 6. The fourth-order valence-electron chi connectivity index (χ4n) is 2.82. The number of hydrogen-bond acceptors (Lipinski definition) is 5. The molecule has 2 aromatic carbocycles. The zero-order valence-corrected chi connectivity index (χ0v) is 17.1. The van der Waals surface area contributed by atoms with Gasteiger partial charge in [0, 0.05) is 36.8 Å². The molecule has 0 saturated heterocycles. The average molecular weight is 418 g/mol. The Morgan fingerprint density at radius 3 is 2.42 bits per heavy atom. The van der Waals surface area contributed by atoms with Gasteiger partial charge in [-0.25, -0.2) is 0 Å². The number of amides is 3. The van der Waals surface area contributed by atoms with E-state index in [0.717, 1.165) is 12.0 Å². The maximum Gasteiger partial charge on any atom is 0.314 e.